The second-order valence-electron chi connectivity index (χ2n) is 4.63. The average Bonchev–Trinajstić information content (AvgIpc) is 2.99. The molecule has 0 fully saturated rings. The Labute approximate surface area is 130 Å². The summed E-state index contributed by atoms with van der Waals surface area (Å²) >= 11 is 1.14. The van der Waals surface area contributed by atoms with Crippen molar-refractivity contribution in [2.24, 2.45) is 0 Å². The molecule has 3 rings (SSSR count). The number of ether oxygens (including phenoxy) is 1. The number of hydrogen-bond donors (Lipinski definition) is 0. The van der Waals surface area contributed by atoms with Crippen molar-refractivity contribution >= 4 is 33.2 Å². The van der Waals surface area contributed by atoms with Gasteiger partial charge in [-0.25, -0.2) is 9.18 Å². The molecule has 0 spiro atoms. The molecule has 0 aliphatic carbocycles. The normalized spacial score (nSPS) is 10.6. The molecule has 0 aliphatic rings. The first-order chi connectivity index (χ1) is 10.6. The van der Waals surface area contributed by atoms with E-state index in [9.17, 15) is 14.0 Å². The van der Waals surface area contributed by atoms with E-state index in [0.717, 1.165) is 11.3 Å². The lowest BCUT2D eigenvalue weighted by Crippen LogP contribution is -2.13. The molecule has 22 heavy (non-hydrogen) atoms. The Hall–Kier alpha value is -2.53. The maximum Gasteiger partial charge on any atom is 0.348 e. The third kappa shape index (κ3) is 2.89. The number of esters is 1. The largest absolute Gasteiger partial charge is 0.453 e. The number of fused-ring (bicyclic) bond motifs is 1. The molecule has 5 heteroatoms. The van der Waals surface area contributed by atoms with Crippen molar-refractivity contribution in [3.63, 3.8) is 0 Å². The highest BCUT2D eigenvalue weighted by atomic mass is 32.1. The molecule has 1 aromatic heterocycles. The Morgan fingerprint density at radius 2 is 1.82 bits per heavy atom. The second kappa shape index (κ2) is 6.07. The summed E-state index contributed by atoms with van der Waals surface area (Å²) < 4.78 is 19.3. The summed E-state index contributed by atoms with van der Waals surface area (Å²) in [5.41, 5.74) is 0.484. The van der Waals surface area contributed by atoms with Crippen molar-refractivity contribution in [2.45, 2.75) is 0 Å². The van der Waals surface area contributed by atoms with Gasteiger partial charge in [0.1, 0.15) is 10.7 Å². The summed E-state index contributed by atoms with van der Waals surface area (Å²) in [4.78, 5) is 24.1. The van der Waals surface area contributed by atoms with E-state index >= 15 is 0 Å². The van der Waals surface area contributed by atoms with Crippen LogP contribution in [-0.4, -0.2) is 18.4 Å². The molecule has 1 heterocycles. The number of rotatable bonds is 4. The number of carbonyl (C=O) groups is 2. The van der Waals surface area contributed by atoms with Crippen molar-refractivity contribution in [1.82, 2.24) is 0 Å². The number of hydrogen-bond acceptors (Lipinski definition) is 4. The second-order valence-corrected chi connectivity index (χ2v) is 5.71. The first kappa shape index (κ1) is 14.4. The number of thiophene rings is 1. The summed E-state index contributed by atoms with van der Waals surface area (Å²) in [5, 5.41) is 0.383. The molecule has 0 saturated carbocycles. The van der Waals surface area contributed by atoms with Gasteiger partial charge in [0, 0.05) is 15.6 Å². The van der Waals surface area contributed by atoms with Crippen LogP contribution in [0.5, 0.6) is 0 Å². The minimum Gasteiger partial charge on any atom is -0.453 e. The van der Waals surface area contributed by atoms with Gasteiger partial charge in [0.2, 0.25) is 0 Å². The first-order valence-electron chi connectivity index (χ1n) is 6.58. The molecular weight excluding hydrogens is 303 g/mol. The van der Waals surface area contributed by atoms with Crippen molar-refractivity contribution in [1.29, 1.82) is 0 Å². The standard InChI is InChI=1S/C17H11FO3S/c18-13-7-4-8-15-12(13)9-16(22-15)17(20)21-10-14(19)11-5-2-1-3-6-11/h1-9H,10H2. The molecule has 110 valence electrons. The monoisotopic (exact) mass is 314 g/mol. The summed E-state index contributed by atoms with van der Waals surface area (Å²) in [5.74, 6) is -1.28. The Morgan fingerprint density at radius 1 is 1.05 bits per heavy atom. The van der Waals surface area contributed by atoms with Crippen LogP contribution in [0.1, 0.15) is 20.0 Å². The van der Waals surface area contributed by atoms with Gasteiger partial charge in [-0.2, -0.15) is 0 Å². The summed E-state index contributed by atoms with van der Waals surface area (Å²) in [6, 6.07) is 14.7. The van der Waals surface area contributed by atoms with E-state index in [1.54, 1.807) is 42.5 Å². The maximum absolute atomic E-state index is 13.6. The number of Topliss-reactive ketones (excluding diaryl/α,β-unsaturated/α-hetero) is 1. The van der Waals surface area contributed by atoms with Crippen LogP contribution < -0.4 is 0 Å². The van der Waals surface area contributed by atoms with Gasteiger partial charge in [0.25, 0.3) is 0 Å². The molecule has 2 aromatic carbocycles. The highest BCUT2D eigenvalue weighted by Gasteiger charge is 2.15. The fourth-order valence-electron chi connectivity index (χ4n) is 2.04. The van der Waals surface area contributed by atoms with Crippen LogP contribution in [0.2, 0.25) is 0 Å². The lowest BCUT2D eigenvalue weighted by Gasteiger charge is -2.02. The molecule has 0 atom stereocenters. The van der Waals surface area contributed by atoms with E-state index in [0.29, 0.717) is 15.6 Å². The first-order valence-corrected chi connectivity index (χ1v) is 7.40. The zero-order valence-corrected chi connectivity index (χ0v) is 12.2. The van der Waals surface area contributed by atoms with Gasteiger partial charge in [0.05, 0.1) is 0 Å². The summed E-state index contributed by atoms with van der Waals surface area (Å²) in [6.07, 6.45) is 0. The summed E-state index contributed by atoms with van der Waals surface area (Å²) in [6.45, 7) is -0.334. The molecule has 0 saturated heterocycles. The molecule has 0 aliphatic heterocycles. The third-order valence-corrected chi connectivity index (χ3v) is 4.22. The fourth-order valence-corrected chi connectivity index (χ4v) is 3.00. The van der Waals surface area contributed by atoms with Gasteiger partial charge in [-0.1, -0.05) is 36.4 Å². The average molecular weight is 314 g/mol. The molecule has 0 unspecified atom stereocenters. The fraction of sp³-hybridized carbons (Fsp3) is 0.0588. The van der Waals surface area contributed by atoms with Crippen LogP contribution in [-0.2, 0) is 4.74 Å². The Morgan fingerprint density at radius 3 is 2.55 bits per heavy atom. The van der Waals surface area contributed by atoms with E-state index in [4.69, 9.17) is 4.74 Å². The van der Waals surface area contributed by atoms with Crippen molar-refractivity contribution < 1.29 is 18.7 Å². The Bertz CT molecular complexity index is 839. The van der Waals surface area contributed by atoms with Crippen LogP contribution in [0.3, 0.4) is 0 Å². The van der Waals surface area contributed by atoms with Crippen molar-refractivity contribution in [2.75, 3.05) is 6.61 Å². The minimum atomic E-state index is -0.620. The zero-order valence-electron chi connectivity index (χ0n) is 11.4. The van der Waals surface area contributed by atoms with E-state index in [1.165, 1.54) is 12.1 Å². The van der Waals surface area contributed by atoms with Gasteiger partial charge >= 0.3 is 5.97 Å². The number of ketones is 1. The number of benzene rings is 2. The van der Waals surface area contributed by atoms with Crippen LogP contribution in [0.4, 0.5) is 4.39 Å². The van der Waals surface area contributed by atoms with E-state index in [2.05, 4.69) is 0 Å². The molecule has 3 aromatic rings. The number of halogens is 1. The van der Waals surface area contributed by atoms with Gasteiger partial charge in [-0.05, 0) is 18.2 Å². The van der Waals surface area contributed by atoms with Gasteiger partial charge in [-0.15, -0.1) is 11.3 Å². The topological polar surface area (TPSA) is 43.4 Å². The predicted octanol–water partition coefficient (Wildman–Crippen LogP) is 4.08. The molecule has 0 amide bonds. The van der Waals surface area contributed by atoms with Crippen molar-refractivity contribution in [3.05, 3.63) is 70.9 Å². The zero-order chi connectivity index (χ0) is 15.5. The summed E-state index contributed by atoms with van der Waals surface area (Å²) in [7, 11) is 0. The van der Waals surface area contributed by atoms with Crippen molar-refractivity contribution in [3.8, 4) is 0 Å². The molecular formula is C17H11FO3S. The van der Waals surface area contributed by atoms with E-state index in [-0.39, 0.29) is 23.1 Å². The van der Waals surface area contributed by atoms with Gasteiger partial charge in [0.15, 0.2) is 12.4 Å². The highest BCUT2D eigenvalue weighted by Crippen LogP contribution is 2.28. The highest BCUT2D eigenvalue weighted by molar-refractivity contribution is 7.20. The molecule has 0 radical (unpaired) electrons. The third-order valence-electron chi connectivity index (χ3n) is 3.14. The molecule has 3 nitrogen and oxygen atoms in total. The van der Waals surface area contributed by atoms with Crippen LogP contribution in [0.15, 0.2) is 54.6 Å². The van der Waals surface area contributed by atoms with Crippen LogP contribution in [0.25, 0.3) is 10.1 Å². The number of carbonyl (C=O) groups excluding carboxylic acids is 2. The maximum atomic E-state index is 13.6. The predicted molar refractivity (Wildman–Crippen MR) is 82.8 cm³/mol. The smallest absolute Gasteiger partial charge is 0.348 e. The molecule has 0 bridgehead atoms. The Balaban J connectivity index is 1.71. The van der Waals surface area contributed by atoms with Gasteiger partial charge in [-0.3, -0.25) is 4.79 Å². The quantitative estimate of drug-likeness (QED) is 0.538. The lowest BCUT2D eigenvalue weighted by atomic mass is 10.1. The van der Waals surface area contributed by atoms with E-state index < -0.39 is 5.97 Å². The SMILES string of the molecule is O=C(COC(=O)c1cc2c(F)cccc2s1)c1ccccc1. The minimum absolute atomic E-state index is 0.277. The lowest BCUT2D eigenvalue weighted by molar-refractivity contribution is 0.0479. The van der Waals surface area contributed by atoms with Gasteiger partial charge < -0.3 is 4.74 Å². The van der Waals surface area contributed by atoms with Crippen LogP contribution in [0, 0.1) is 5.82 Å². The molecule has 0 N–H and O–H groups in total. The van der Waals surface area contributed by atoms with Crippen LogP contribution >= 0.6 is 11.3 Å². The van der Waals surface area contributed by atoms with E-state index in [1.807, 2.05) is 0 Å². The Kier molecular flexibility index (Phi) is 3.98.